The summed E-state index contributed by atoms with van der Waals surface area (Å²) in [5.41, 5.74) is 3.24. The number of hydrogen-bond acceptors (Lipinski definition) is 1. The average molecular weight is 173 g/mol. The molecule has 0 aliphatic rings. The van der Waals surface area contributed by atoms with Crippen molar-refractivity contribution in [2.75, 3.05) is 12.4 Å². The topological polar surface area (TPSA) is 12.0 Å². The third-order valence-corrected chi connectivity index (χ3v) is 2.19. The SMILES string of the molecule is [B]c1cc(C(C)(C)C)ccc1NC. The van der Waals surface area contributed by atoms with Gasteiger partial charge in [0, 0.05) is 12.7 Å². The minimum atomic E-state index is 0.167. The van der Waals surface area contributed by atoms with E-state index >= 15 is 0 Å². The van der Waals surface area contributed by atoms with Crippen molar-refractivity contribution in [3.8, 4) is 0 Å². The maximum Gasteiger partial charge on any atom is 0.116 e. The quantitative estimate of drug-likeness (QED) is 0.638. The molecule has 68 valence electrons. The third kappa shape index (κ3) is 2.27. The van der Waals surface area contributed by atoms with Gasteiger partial charge in [-0.05, 0) is 17.0 Å². The lowest BCUT2D eigenvalue weighted by Crippen LogP contribution is -2.17. The molecule has 0 fully saturated rings. The first kappa shape index (κ1) is 10.2. The van der Waals surface area contributed by atoms with E-state index in [4.69, 9.17) is 7.85 Å². The summed E-state index contributed by atoms with van der Waals surface area (Å²) < 4.78 is 0. The molecule has 2 radical (unpaired) electrons. The van der Waals surface area contributed by atoms with Gasteiger partial charge in [0.15, 0.2) is 0 Å². The second-order valence-electron chi connectivity index (χ2n) is 4.30. The van der Waals surface area contributed by atoms with Crippen LogP contribution in [0.15, 0.2) is 18.2 Å². The van der Waals surface area contributed by atoms with Crippen LogP contribution in [0.25, 0.3) is 0 Å². The molecule has 0 saturated carbocycles. The van der Waals surface area contributed by atoms with Gasteiger partial charge in [-0.1, -0.05) is 38.4 Å². The van der Waals surface area contributed by atoms with Crippen molar-refractivity contribution in [2.24, 2.45) is 0 Å². The number of benzene rings is 1. The molecule has 0 unspecified atom stereocenters. The van der Waals surface area contributed by atoms with Gasteiger partial charge in [-0.25, -0.2) is 0 Å². The van der Waals surface area contributed by atoms with Crippen molar-refractivity contribution in [3.63, 3.8) is 0 Å². The second kappa shape index (κ2) is 3.45. The first-order chi connectivity index (χ1) is 5.95. The third-order valence-electron chi connectivity index (χ3n) is 2.19. The molecule has 1 N–H and O–H groups in total. The summed E-state index contributed by atoms with van der Waals surface area (Å²) in [4.78, 5) is 0. The van der Waals surface area contributed by atoms with Gasteiger partial charge in [-0.2, -0.15) is 0 Å². The molecule has 0 aliphatic heterocycles. The molecule has 1 aromatic rings. The highest BCUT2D eigenvalue weighted by Gasteiger charge is 2.13. The normalized spacial score (nSPS) is 11.4. The van der Waals surface area contributed by atoms with Gasteiger partial charge in [0.05, 0.1) is 0 Å². The summed E-state index contributed by atoms with van der Waals surface area (Å²) in [6, 6.07) is 6.17. The fourth-order valence-electron chi connectivity index (χ4n) is 1.26. The van der Waals surface area contributed by atoms with Crippen LogP contribution in [0.5, 0.6) is 0 Å². The Hall–Kier alpha value is -0.915. The van der Waals surface area contributed by atoms with Crippen LogP contribution in [0.4, 0.5) is 5.69 Å². The van der Waals surface area contributed by atoms with E-state index in [2.05, 4.69) is 32.2 Å². The van der Waals surface area contributed by atoms with Crippen LogP contribution < -0.4 is 10.8 Å². The van der Waals surface area contributed by atoms with Crippen LogP contribution in [0, 0.1) is 0 Å². The maximum atomic E-state index is 5.87. The Morgan fingerprint density at radius 3 is 2.23 bits per heavy atom. The summed E-state index contributed by atoms with van der Waals surface area (Å²) in [5.74, 6) is 0. The number of anilines is 1. The van der Waals surface area contributed by atoms with Crippen molar-refractivity contribution in [1.82, 2.24) is 0 Å². The Labute approximate surface area is 82.0 Å². The minimum Gasteiger partial charge on any atom is -0.389 e. The summed E-state index contributed by atoms with van der Waals surface area (Å²) in [6.07, 6.45) is 0. The van der Waals surface area contributed by atoms with E-state index in [0.717, 1.165) is 11.2 Å². The molecule has 0 aliphatic carbocycles. The van der Waals surface area contributed by atoms with Crippen molar-refractivity contribution in [2.45, 2.75) is 26.2 Å². The van der Waals surface area contributed by atoms with Crippen LogP contribution in [0.3, 0.4) is 0 Å². The predicted molar refractivity (Wildman–Crippen MR) is 60.1 cm³/mol. The van der Waals surface area contributed by atoms with E-state index in [9.17, 15) is 0 Å². The summed E-state index contributed by atoms with van der Waals surface area (Å²) in [6.45, 7) is 6.54. The Balaban J connectivity index is 3.10. The zero-order valence-corrected chi connectivity index (χ0v) is 8.81. The van der Waals surface area contributed by atoms with Crippen molar-refractivity contribution in [1.29, 1.82) is 0 Å². The van der Waals surface area contributed by atoms with Gasteiger partial charge in [0.1, 0.15) is 7.85 Å². The van der Waals surface area contributed by atoms with Crippen LogP contribution in [0.1, 0.15) is 26.3 Å². The molecule has 1 nitrogen and oxygen atoms in total. The Morgan fingerprint density at radius 1 is 1.23 bits per heavy atom. The molecule has 0 bridgehead atoms. The standard InChI is InChI=1S/C11H16BN/c1-11(2,3)8-5-6-10(13-4)9(12)7-8/h5-7,13H,1-4H3. The maximum absolute atomic E-state index is 5.87. The molecule has 0 heterocycles. The van der Waals surface area contributed by atoms with E-state index < -0.39 is 0 Å². The van der Waals surface area contributed by atoms with Crippen LogP contribution >= 0.6 is 0 Å². The Bertz CT molecular complexity index is 299. The monoisotopic (exact) mass is 173 g/mol. The predicted octanol–water partition coefficient (Wildman–Crippen LogP) is 1.82. The average Bonchev–Trinajstić information content (AvgIpc) is 2.02. The molecular formula is C11H16BN. The molecule has 0 saturated heterocycles. The molecule has 0 aromatic heterocycles. The van der Waals surface area contributed by atoms with Crippen LogP contribution in [0.2, 0.25) is 0 Å². The zero-order valence-electron chi connectivity index (χ0n) is 8.81. The molecule has 1 aromatic carbocycles. The highest BCUT2D eigenvalue weighted by Crippen LogP contribution is 2.21. The van der Waals surface area contributed by atoms with E-state index in [1.807, 2.05) is 19.2 Å². The fraction of sp³-hybridized carbons (Fsp3) is 0.455. The fourth-order valence-corrected chi connectivity index (χ4v) is 1.26. The zero-order chi connectivity index (χ0) is 10.1. The van der Waals surface area contributed by atoms with Crippen molar-refractivity contribution >= 4 is 19.0 Å². The first-order valence-electron chi connectivity index (χ1n) is 4.53. The number of nitrogens with one attached hydrogen (secondary N) is 1. The molecule has 13 heavy (non-hydrogen) atoms. The lowest BCUT2D eigenvalue weighted by molar-refractivity contribution is 0.591. The second-order valence-corrected chi connectivity index (χ2v) is 4.30. The van der Waals surface area contributed by atoms with Crippen LogP contribution in [-0.4, -0.2) is 14.9 Å². The van der Waals surface area contributed by atoms with Gasteiger partial charge in [-0.3, -0.25) is 0 Å². The van der Waals surface area contributed by atoms with Gasteiger partial charge < -0.3 is 5.32 Å². The molecular weight excluding hydrogens is 157 g/mol. The lowest BCUT2D eigenvalue weighted by Gasteiger charge is -2.20. The molecule has 0 amide bonds. The molecule has 0 atom stereocenters. The summed E-state index contributed by atoms with van der Waals surface area (Å²) >= 11 is 0. The van der Waals surface area contributed by atoms with E-state index in [1.54, 1.807) is 0 Å². The summed E-state index contributed by atoms with van der Waals surface area (Å²) in [5, 5.41) is 3.05. The molecule has 2 heteroatoms. The van der Waals surface area contributed by atoms with E-state index in [-0.39, 0.29) is 5.41 Å². The number of hydrogen-bond donors (Lipinski definition) is 1. The van der Waals surface area contributed by atoms with Gasteiger partial charge in [-0.15, -0.1) is 0 Å². The van der Waals surface area contributed by atoms with E-state index in [0.29, 0.717) is 0 Å². The van der Waals surface area contributed by atoms with E-state index in [1.165, 1.54) is 5.56 Å². The van der Waals surface area contributed by atoms with Gasteiger partial charge in [0.25, 0.3) is 0 Å². The highest BCUT2D eigenvalue weighted by molar-refractivity contribution is 6.35. The Kier molecular flexibility index (Phi) is 2.70. The minimum absolute atomic E-state index is 0.167. The van der Waals surface area contributed by atoms with Gasteiger partial charge >= 0.3 is 0 Å². The van der Waals surface area contributed by atoms with Crippen LogP contribution in [-0.2, 0) is 5.41 Å². The van der Waals surface area contributed by atoms with Crippen molar-refractivity contribution < 1.29 is 0 Å². The first-order valence-corrected chi connectivity index (χ1v) is 4.53. The van der Waals surface area contributed by atoms with Gasteiger partial charge in [0.2, 0.25) is 0 Å². The number of rotatable bonds is 1. The molecule has 0 spiro atoms. The largest absolute Gasteiger partial charge is 0.389 e. The smallest absolute Gasteiger partial charge is 0.116 e. The Morgan fingerprint density at radius 2 is 1.85 bits per heavy atom. The molecule has 1 rings (SSSR count). The lowest BCUT2D eigenvalue weighted by atomic mass is 9.82. The van der Waals surface area contributed by atoms with Crippen molar-refractivity contribution in [3.05, 3.63) is 23.8 Å². The summed E-state index contributed by atoms with van der Waals surface area (Å²) in [7, 11) is 7.74. The highest BCUT2D eigenvalue weighted by atomic mass is 14.8.